The molecular formula is C28H31NO4S. The number of benzene rings is 3. The number of nitrogens with zero attached hydrogens (tertiary/aromatic N) is 1. The highest BCUT2D eigenvalue weighted by atomic mass is 32.2. The smallest absolute Gasteiger partial charge is 0.282 e. The average molecular weight is 478 g/mol. The van der Waals surface area contributed by atoms with Gasteiger partial charge >= 0.3 is 0 Å². The molecule has 1 aliphatic rings. The number of hydrogen-bond donors (Lipinski definition) is 1. The summed E-state index contributed by atoms with van der Waals surface area (Å²) in [6.07, 6.45) is 7.38. The van der Waals surface area contributed by atoms with E-state index in [1.54, 1.807) is 19.2 Å². The van der Waals surface area contributed by atoms with Gasteiger partial charge in [0, 0.05) is 0 Å². The highest BCUT2D eigenvalue weighted by molar-refractivity contribution is 7.85. The number of hydrogen-bond acceptors (Lipinski definition) is 4. The second kappa shape index (κ2) is 11.3. The standard InChI is InChI=1S/C21H23NO.C7H8O3S/c1-16(2)18-11-8-17(9-12-18)10-14-20-15-13-19-6-4-5-7-21(19)22(20)23-3;1-6-2-4-7(5-3-6)11(8,9)10/h4-12,14-16H,13H2,1-3H3;2-5H,1H3,(H,8,9,10). The Hall–Kier alpha value is -3.19. The van der Waals surface area contributed by atoms with E-state index in [4.69, 9.17) is 9.39 Å². The average Bonchev–Trinajstić information content (AvgIpc) is 2.82. The molecular weight excluding hydrogens is 446 g/mol. The van der Waals surface area contributed by atoms with Crippen LogP contribution in [0.25, 0.3) is 6.08 Å². The second-order valence-corrected chi connectivity index (χ2v) is 9.80. The van der Waals surface area contributed by atoms with Crippen molar-refractivity contribution in [1.82, 2.24) is 0 Å². The SMILES string of the molecule is CON1C(C=Cc2ccc(C(C)C)cc2)=CCc2ccccc21.Cc1ccc(S(=O)(=O)O)cc1. The molecule has 3 aromatic rings. The van der Waals surface area contributed by atoms with Gasteiger partial charge in [0.25, 0.3) is 10.1 Å². The van der Waals surface area contributed by atoms with Crippen LogP contribution in [0.3, 0.4) is 0 Å². The van der Waals surface area contributed by atoms with Gasteiger partial charge in [-0.15, -0.1) is 0 Å². The number of aryl methyl sites for hydroxylation is 1. The highest BCUT2D eigenvalue weighted by Crippen LogP contribution is 2.30. The number of para-hydroxylation sites is 1. The number of fused-ring (bicyclic) bond motifs is 1. The van der Waals surface area contributed by atoms with Crippen LogP contribution in [0, 0.1) is 6.92 Å². The lowest BCUT2D eigenvalue weighted by Gasteiger charge is -2.28. The number of allylic oxidation sites excluding steroid dienone is 2. The summed E-state index contributed by atoms with van der Waals surface area (Å²) in [6.45, 7) is 6.27. The molecule has 5 nitrogen and oxygen atoms in total. The van der Waals surface area contributed by atoms with E-state index in [0.29, 0.717) is 5.92 Å². The summed E-state index contributed by atoms with van der Waals surface area (Å²) in [5, 5.41) is 1.89. The van der Waals surface area contributed by atoms with Crippen molar-refractivity contribution in [1.29, 1.82) is 0 Å². The fourth-order valence-corrected chi connectivity index (χ4v) is 4.02. The van der Waals surface area contributed by atoms with Crippen LogP contribution in [0.2, 0.25) is 0 Å². The van der Waals surface area contributed by atoms with Gasteiger partial charge in [0.2, 0.25) is 0 Å². The molecule has 0 saturated carbocycles. The van der Waals surface area contributed by atoms with Crippen LogP contribution >= 0.6 is 0 Å². The van der Waals surface area contributed by atoms with Crippen molar-refractivity contribution < 1.29 is 17.8 Å². The van der Waals surface area contributed by atoms with Crippen LogP contribution in [0.1, 0.15) is 42.0 Å². The van der Waals surface area contributed by atoms with E-state index in [2.05, 4.69) is 74.5 Å². The Morgan fingerprint density at radius 3 is 2.18 bits per heavy atom. The lowest BCUT2D eigenvalue weighted by molar-refractivity contribution is 0.189. The molecule has 0 spiro atoms. The van der Waals surface area contributed by atoms with Crippen molar-refractivity contribution in [2.45, 2.75) is 38.0 Å². The van der Waals surface area contributed by atoms with Crippen LogP contribution in [0.5, 0.6) is 0 Å². The van der Waals surface area contributed by atoms with Crippen molar-refractivity contribution in [3.63, 3.8) is 0 Å². The molecule has 34 heavy (non-hydrogen) atoms. The van der Waals surface area contributed by atoms with Crippen LogP contribution in [0.15, 0.2) is 95.5 Å². The molecule has 0 radical (unpaired) electrons. The zero-order chi connectivity index (χ0) is 24.7. The van der Waals surface area contributed by atoms with Gasteiger partial charge in [-0.05, 0) is 60.2 Å². The molecule has 0 bridgehead atoms. The monoisotopic (exact) mass is 477 g/mol. The minimum absolute atomic E-state index is 0.0666. The summed E-state index contributed by atoms with van der Waals surface area (Å²) in [4.78, 5) is 5.52. The van der Waals surface area contributed by atoms with Crippen molar-refractivity contribution in [3.05, 3.63) is 113 Å². The quantitative estimate of drug-likeness (QED) is 0.421. The summed E-state index contributed by atoms with van der Waals surface area (Å²) in [5.74, 6) is 0.564. The summed E-state index contributed by atoms with van der Waals surface area (Å²) in [7, 11) is -2.31. The summed E-state index contributed by atoms with van der Waals surface area (Å²) in [5.41, 5.74) is 6.99. The van der Waals surface area contributed by atoms with Gasteiger partial charge in [0.1, 0.15) is 0 Å². The topological polar surface area (TPSA) is 66.8 Å². The molecule has 4 rings (SSSR count). The normalized spacial score (nSPS) is 13.4. The van der Waals surface area contributed by atoms with Gasteiger partial charge in [-0.2, -0.15) is 8.42 Å². The third kappa shape index (κ3) is 6.67. The molecule has 0 amide bonds. The highest BCUT2D eigenvalue weighted by Gasteiger charge is 2.17. The molecule has 3 aromatic carbocycles. The second-order valence-electron chi connectivity index (χ2n) is 8.38. The van der Waals surface area contributed by atoms with Crippen LogP contribution in [-0.4, -0.2) is 20.1 Å². The van der Waals surface area contributed by atoms with Gasteiger partial charge in [0.05, 0.1) is 23.4 Å². The van der Waals surface area contributed by atoms with Crippen LogP contribution < -0.4 is 5.06 Å². The van der Waals surface area contributed by atoms with E-state index < -0.39 is 10.1 Å². The minimum Gasteiger partial charge on any atom is -0.282 e. The van der Waals surface area contributed by atoms with Crippen LogP contribution in [0.4, 0.5) is 5.69 Å². The molecule has 0 aromatic heterocycles. The number of rotatable bonds is 5. The number of anilines is 1. The Kier molecular flexibility index (Phi) is 8.45. The minimum atomic E-state index is -4.02. The van der Waals surface area contributed by atoms with E-state index in [-0.39, 0.29) is 4.90 Å². The summed E-state index contributed by atoms with van der Waals surface area (Å²) >= 11 is 0. The maximum absolute atomic E-state index is 10.5. The fraction of sp³-hybridized carbons (Fsp3) is 0.214. The molecule has 0 atom stereocenters. The molecule has 0 saturated heterocycles. The predicted octanol–water partition coefficient (Wildman–Crippen LogP) is 6.57. The van der Waals surface area contributed by atoms with E-state index in [9.17, 15) is 8.42 Å². The molecule has 1 heterocycles. The van der Waals surface area contributed by atoms with Crippen molar-refractivity contribution >= 4 is 21.9 Å². The van der Waals surface area contributed by atoms with E-state index in [1.807, 2.05) is 18.1 Å². The Balaban J connectivity index is 0.000000248. The van der Waals surface area contributed by atoms with E-state index >= 15 is 0 Å². The molecule has 0 unspecified atom stereocenters. The lowest BCUT2D eigenvalue weighted by atomic mass is 10.0. The third-order valence-electron chi connectivity index (χ3n) is 5.53. The first-order valence-corrected chi connectivity index (χ1v) is 12.6. The summed E-state index contributed by atoms with van der Waals surface area (Å²) in [6, 6.07) is 23.1. The zero-order valence-corrected chi connectivity index (χ0v) is 20.8. The van der Waals surface area contributed by atoms with Gasteiger partial charge in [-0.1, -0.05) is 86.2 Å². The van der Waals surface area contributed by atoms with E-state index in [1.165, 1.54) is 28.8 Å². The third-order valence-corrected chi connectivity index (χ3v) is 6.40. The first kappa shape index (κ1) is 25.4. The molecule has 6 heteroatoms. The van der Waals surface area contributed by atoms with Crippen molar-refractivity contribution in [3.8, 4) is 0 Å². The van der Waals surface area contributed by atoms with Crippen molar-refractivity contribution in [2.75, 3.05) is 12.2 Å². The Bertz CT molecular complexity index is 1260. The Morgan fingerprint density at radius 2 is 1.59 bits per heavy atom. The van der Waals surface area contributed by atoms with Crippen molar-refractivity contribution in [2.24, 2.45) is 0 Å². The fourth-order valence-electron chi connectivity index (χ4n) is 3.54. The van der Waals surface area contributed by atoms with Crippen LogP contribution in [-0.2, 0) is 21.4 Å². The molecule has 1 N–H and O–H groups in total. The maximum Gasteiger partial charge on any atom is 0.294 e. The van der Waals surface area contributed by atoms with Gasteiger partial charge in [0.15, 0.2) is 0 Å². The predicted molar refractivity (Wildman–Crippen MR) is 138 cm³/mol. The molecule has 1 aliphatic heterocycles. The zero-order valence-electron chi connectivity index (χ0n) is 20.0. The Morgan fingerprint density at radius 1 is 0.941 bits per heavy atom. The molecule has 0 fully saturated rings. The lowest BCUT2D eigenvalue weighted by Crippen LogP contribution is -2.24. The number of hydroxylamine groups is 1. The first-order valence-electron chi connectivity index (χ1n) is 11.1. The Labute approximate surface area is 202 Å². The molecule has 178 valence electrons. The van der Waals surface area contributed by atoms with Gasteiger partial charge in [-0.25, -0.2) is 5.06 Å². The first-order chi connectivity index (χ1) is 16.2. The van der Waals surface area contributed by atoms with Gasteiger partial charge in [-0.3, -0.25) is 9.39 Å². The van der Waals surface area contributed by atoms with E-state index in [0.717, 1.165) is 23.4 Å². The molecule has 0 aliphatic carbocycles. The maximum atomic E-state index is 10.5. The summed E-state index contributed by atoms with van der Waals surface area (Å²) < 4.78 is 29.6. The largest absolute Gasteiger partial charge is 0.294 e. The van der Waals surface area contributed by atoms with Gasteiger partial charge < -0.3 is 0 Å².